The number of hydrogen-bond donors (Lipinski definition) is 1. The van der Waals surface area contributed by atoms with Gasteiger partial charge < -0.3 is 5.11 Å². The largest absolute Gasteiger partial charge is 0.385 e. The Balaban J connectivity index is 2.64. The number of ketones is 1. The molecule has 1 N–H and O–H groups in total. The van der Waals surface area contributed by atoms with Gasteiger partial charge >= 0.3 is 0 Å². The van der Waals surface area contributed by atoms with Gasteiger partial charge in [0.15, 0.2) is 5.78 Å². The molecule has 2 rings (SSSR count). The van der Waals surface area contributed by atoms with Crippen LogP contribution < -0.4 is 0 Å². The molecule has 0 bridgehead atoms. The first-order valence-corrected chi connectivity index (χ1v) is 4.87. The van der Waals surface area contributed by atoms with Crippen LogP contribution >= 0.6 is 0 Å². The van der Waals surface area contributed by atoms with Crippen LogP contribution in [0, 0.1) is 6.92 Å². The van der Waals surface area contributed by atoms with Gasteiger partial charge in [-0.1, -0.05) is 23.8 Å². The second-order valence-corrected chi connectivity index (χ2v) is 4.25. The Morgan fingerprint density at radius 2 is 2.14 bits per heavy atom. The molecule has 0 saturated heterocycles. The van der Waals surface area contributed by atoms with E-state index >= 15 is 0 Å². The summed E-state index contributed by atoms with van der Waals surface area (Å²) in [5.41, 5.74) is 1.72. The van der Waals surface area contributed by atoms with Crippen LogP contribution in [0.15, 0.2) is 18.2 Å². The third kappa shape index (κ3) is 1.36. The van der Waals surface area contributed by atoms with E-state index in [1.165, 1.54) is 0 Å². The normalized spacial score (nSPS) is 26.1. The maximum absolute atomic E-state index is 11.6. The molecule has 2 heteroatoms. The number of carbonyl (C=O) groups is 1. The zero-order valence-corrected chi connectivity index (χ0v) is 8.50. The molecule has 1 aromatic carbocycles. The van der Waals surface area contributed by atoms with Crippen LogP contribution in [-0.4, -0.2) is 10.9 Å². The lowest BCUT2D eigenvalue weighted by atomic mass is 9.79. The van der Waals surface area contributed by atoms with Gasteiger partial charge in [-0.2, -0.15) is 0 Å². The molecule has 0 spiro atoms. The van der Waals surface area contributed by atoms with Crippen molar-refractivity contribution in [3.63, 3.8) is 0 Å². The van der Waals surface area contributed by atoms with Crippen molar-refractivity contribution in [2.24, 2.45) is 0 Å². The third-order valence-electron chi connectivity index (χ3n) is 2.89. The van der Waals surface area contributed by atoms with Gasteiger partial charge in [0.05, 0.1) is 5.60 Å². The number of fused-ring (bicyclic) bond motifs is 1. The molecule has 1 atom stereocenters. The predicted octanol–water partition coefficient (Wildman–Crippen LogP) is 2.18. The summed E-state index contributed by atoms with van der Waals surface area (Å²) in [4.78, 5) is 11.6. The number of rotatable bonds is 0. The quantitative estimate of drug-likeness (QED) is 0.680. The SMILES string of the molecule is Cc1ccc2c(c1)C(C)(O)CCC2=O. The van der Waals surface area contributed by atoms with Crippen molar-refractivity contribution in [2.75, 3.05) is 0 Å². The summed E-state index contributed by atoms with van der Waals surface area (Å²) in [6, 6.07) is 5.64. The summed E-state index contributed by atoms with van der Waals surface area (Å²) >= 11 is 0. The van der Waals surface area contributed by atoms with Gasteiger partial charge in [0.2, 0.25) is 0 Å². The van der Waals surface area contributed by atoms with Crippen LogP contribution in [-0.2, 0) is 5.60 Å². The van der Waals surface area contributed by atoms with Gasteiger partial charge in [0.25, 0.3) is 0 Å². The second-order valence-electron chi connectivity index (χ2n) is 4.25. The molecule has 0 amide bonds. The molecule has 74 valence electrons. The molecule has 1 aliphatic rings. The van der Waals surface area contributed by atoms with Gasteiger partial charge in [-0.3, -0.25) is 4.79 Å². The second kappa shape index (κ2) is 2.92. The van der Waals surface area contributed by atoms with Crippen molar-refractivity contribution in [3.8, 4) is 0 Å². The molecule has 0 heterocycles. The van der Waals surface area contributed by atoms with Crippen molar-refractivity contribution >= 4 is 5.78 Å². The maximum atomic E-state index is 11.6. The van der Waals surface area contributed by atoms with E-state index in [0.29, 0.717) is 18.4 Å². The zero-order valence-electron chi connectivity index (χ0n) is 8.50. The van der Waals surface area contributed by atoms with E-state index in [2.05, 4.69) is 0 Å². The fraction of sp³-hybridized carbons (Fsp3) is 0.417. The van der Waals surface area contributed by atoms with Crippen LogP contribution in [0.2, 0.25) is 0 Å². The number of aryl methyl sites for hydroxylation is 1. The minimum absolute atomic E-state index is 0.145. The number of Topliss-reactive ketones (excluding diaryl/α,β-unsaturated/α-hetero) is 1. The topological polar surface area (TPSA) is 37.3 Å². The van der Waals surface area contributed by atoms with E-state index in [1.54, 1.807) is 6.92 Å². The Morgan fingerprint density at radius 3 is 2.86 bits per heavy atom. The van der Waals surface area contributed by atoms with E-state index in [-0.39, 0.29) is 5.78 Å². The smallest absolute Gasteiger partial charge is 0.163 e. The number of benzene rings is 1. The minimum Gasteiger partial charge on any atom is -0.385 e. The molecular formula is C12H14O2. The molecule has 1 aromatic rings. The highest BCUT2D eigenvalue weighted by Gasteiger charge is 2.33. The molecule has 0 aliphatic heterocycles. The van der Waals surface area contributed by atoms with Crippen molar-refractivity contribution in [1.29, 1.82) is 0 Å². The minimum atomic E-state index is -0.838. The lowest BCUT2D eigenvalue weighted by Gasteiger charge is -2.30. The highest BCUT2D eigenvalue weighted by atomic mass is 16.3. The van der Waals surface area contributed by atoms with Gasteiger partial charge in [-0.05, 0) is 25.8 Å². The number of aliphatic hydroxyl groups is 1. The Morgan fingerprint density at radius 1 is 1.43 bits per heavy atom. The number of hydrogen-bond acceptors (Lipinski definition) is 2. The maximum Gasteiger partial charge on any atom is 0.163 e. The van der Waals surface area contributed by atoms with Crippen LogP contribution in [0.1, 0.15) is 41.3 Å². The van der Waals surface area contributed by atoms with Gasteiger partial charge in [-0.15, -0.1) is 0 Å². The van der Waals surface area contributed by atoms with Crippen LogP contribution in [0.3, 0.4) is 0 Å². The fourth-order valence-corrected chi connectivity index (χ4v) is 1.97. The van der Waals surface area contributed by atoms with Crippen molar-refractivity contribution in [1.82, 2.24) is 0 Å². The Hall–Kier alpha value is -1.15. The van der Waals surface area contributed by atoms with Crippen LogP contribution in [0.4, 0.5) is 0 Å². The van der Waals surface area contributed by atoms with Gasteiger partial charge in [-0.25, -0.2) is 0 Å². The van der Waals surface area contributed by atoms with Crippen molar-refractivity contribution in [3.05, 3.63) is 34.9 Å². The number of carbonyl (C=O) groups excluding carboxylic acids is 1. The van der Waals surface area contributed by atoms with Gasteiger partial charge in [0, 0.05) is 12.0 Å². The van der Waals surface area contributed by atoms with E-state index in [4.69, 9.17) is 0 Å². The summed E-state index contributed by atoms with van der Waals surface area (Å²) in [5, 5.41) is 10.1. The average Bonchev–Trinajstić information content (AvgIpc) is 2.12. The molecule has 14 heavy (non-hydrogen) atoms. The fourth-order valence-electron chi connectivity index (χ4n) is 1.97. The predicted molar refractivity (Wildman–Crippen MR) is 54.3 cm³/mol. The monoisotopic (exact) mass is 190 g/mol. The molecule has 0 fully saturated rings. The van der Waals surface area contributed by atoms with E-state index < -0.39 is 5.60 Å². The molecular weight excluding hydrogens is 176 g/mol. The first kappa shape index (κ1) is 9.41. The molecule has 0 radical (unpaired) electrons. The Bertz CT molecular complexity index is 391. The first-order valence-electron chi connectivity index (χ1n) is 4.87. The molecule has 0 saturated carbocycles. The highest BCUT2D eigenvalue weighted by Crippen LogP contribution is 2.35. The summed E-state index contributed by atoms with van der Waals surface area (Å²) in [5.74, 6) is 0.145. The lowest BCUT2D eigenvalue weighted by molar-refractivity contribution is 0.0364. The van der Waals surface area contributed by atoms with E-state index in [9.17, 15) is 9.90 Å². The first-order chi connectivity index (χ1) is 6.50. The standard InChI is InChI=1S/C12H14O2/c1-8-3-4-9-10(7-8)12(2,14)6-5-11(9)13/h3-4,7,14H,5-6H2,1-2H3. The van der Waals surface area contributed by atoms with Crippen LogP contribution in [0.5, 0.6) is 0 Å². The van der Waals surface area contributed by atoms with Crippen molar-refractivity contribution in [2.45, 2.75) is 32.3 Å². The molecule has 0 aromatic heterocycles. The zero-order chi connectivity index (χ0) is 10.3. The summed E-state index contributed by atoms with van der Waals surface area (Å²) in [6.45, 7) is 3.74. The van der Waals surface area contributed by atoms with E-state index in [0.717, 1.165) is 11.1 Å². The van der Waals surface area contributed by atoms with E-state index in [1.807, 2.05) is 25.1 Å². The summed E-state index contributed by atoms with van der Waals surface area (Å²) in [6.07, 6.45) is 0.978. The average molecular weight is 190 g/mol. The Labute approximate surface area is 83.6 Å². The molecule has 1 aliphatic carbocycles. The summed E-state index contributed by atoms with van der Waals surface area (Å²) < 4.78 is 0. The Kier molecular flexibility index (Phi) is 1.96. The molecule has 2 nitrogen and oxygen atoms in total. The third-order valence-corrected chi connectivity index (χ3v) is 2.89. The lowest BCUT2D eigenvalue weighted by Crippen LogP contribution is -2.29. The van der Waals surface area contributed by atoms with Crippen molar-refractivity contribution < 1.29 is 9.90 Å². The summed E-state index contributed by atoms with van der Waals surface area (Å²) in [7, 11) is 0. The highest BCUT2D eigenvalue weighted by molar-refractivity contribution is 5.99. The van der Waals surface area contributed by atoms with Crippen LogP contribution in [0.25, 0.3) is 0 Å². The molecule has 1 unspecified atom stereocenters. The van der Waals surface area contributed by atoms with Gasteiger partial charge in [0.1, 0.15) is 0 Å².